The van der Waals surface area contributed by atoms with Crippen LogP contribution in [0, 0.1) is 0 Å². The number of aryl methyl sites for hydroxylation is 1. The first-order valence-electron chi connectivity index (χ1n) is 8.66. The highest BCUT2D eigenvalue weighted by atomic mass is 16.4. The Balaban J connectivity index is 2.10. The lowest BCUT2D eigenvalue weighted by atomic mass is 10.1. The Morgan fingerprint density at radius 2 is 1.88 bits per heavy atom. The van der Waals surface area contributed by atoms with Crippen molar-refractivity contribution < 1.29 is 24.3 Å². The molecule has 0 saturated carbocycles. The molecule has 8 heteroatoms. The summed E-state index contributed by atoms with van der Waals surface area (Å²) < 4.78 is 1.65. The van der Waals surface area contributed by atoms with Crippen LogP contribution in [0.25, 0.3) is 0 Å². The number of aromatic nitrogens is 1. The van der Waals surface area contributed by atoms with E-state index in [0.717, 1.165) is 0 Å². The van der Waals surface area contributed by atoms with Gasteiger partial charge < -0.3 is 19.5 Å². The Labute approximate surface area is 152 Å². The molecule has 1 unspecified atom stereocenters. The number of Topliss-reactive ketones (excluding diaryl/α,β-unsaturated/α-hetero) is 1. The standard InChI is InChI=1S/C18H25N3O5/c1-12(22)14-9-16(19(3)10-14)18(26)20-7-4-5-15(6-8-20)21(13(2)23)11-17(24)25/h9-10,15H,4-8,11H2,1-3H3,(H,24,25). The highest BCUT2D eigenvalue weighted by molar-refractivity contribution is 5.99. The molecular weight excluding hydrogens is 338 g/mol. The molecule has 0 spiro atoms. The predicted molar refractivity (Wildman–Crippen MR) is 94.0 cm³/mol. The molecule has 1 aliphatic rings. The predicted octanol–water partition coefficient (Wildman–Crippen LogP) is 1.16. The van der Waals surface area contributed by atoms with E-state index in [-0.39, 0.29) is 30.2 Å². The SMILES string of the molecule is CC(=O)c1cc(C(=O)N2CCCC(N(CC(=O)O)C(C)=O)CC2)n(C)c1. The van der Waals surface area contributed by atoms with Crippen LogP contribution < -0.4 is 0 Å². The number of hydrogen-bond acceptors (Lipinski definition) is 4. The molecule has 2 heterocycles. The monoisotopic (exact) mass is 363 g/mol. The van der Waals surface area contributed by atoms with Gasteiger partial charge in [0.2, 0.25) is 5.91 Å². The lowest BCUT2D eigenvalue weighted by Crippen LogP contribution is -2.43. The molecular formula is C18H25N3O5. The van der Waals surface area contributed by atoms with Gasteiger partial charge in [0.25, 0.3) is 5.91 Å². The zero-order valence-electron chi connectivity index (χ0n) is 15.4. The molecule has 8 nitrogen and oxygen atoms in total. The smallest absolute Gasteiger partial charge is 0.323 e. The Kier molecular flexibility index (Phi) is 6.18. The lowest BCUT2D eigenvalue weighted by molar-refractivity contribution is -0.145. The maximum Gasteiger partial charge on any atom is 0.323 e. The summed E-state index contributed by atoms with van der Waals surface area (Å²) in [7, 11) is 1.73. The van der Waals surface area contributed by atoms with Crippen LogP contribution in [0.15, 0.2) is 12.3 Å². The summed E-state index contributed by atoms with van der Waals surface area (Å²) in [6, 6.07) is 1.40. The van der Waals surface area contributed by atoms with Crippen molar-refractivity contribution in [3.05, 3.63) is 23.5 Å². The van der Waals surface area contributed by atoms with Crippen molar-refractivity contribution in [2.45, 2.75) is 39.2 Å². The van der Waals surface area contributed by atoms with Gasteiger partial charge in [-0.1, -0.05) is 0 Å². The van der Waals surface area contributed by atoms with Crippen molar-refractivity contribution in [2.24, 2.45) is 7.05 Å². The van der Waals surface area contributed by atoms with E-state index in [4.69, 9.17) is 5.11 Å². The van der Waals surface area contributed by atoms with Crippen LogP contribution in [-0.4, -0.2) is 68.7 Å². The maximum absolute atomic E-state index is 12.8. The number of amides is 2. The third-order valence-electron chi connectivity index (χ3n) is 4.77. The highest BCUT2D eigenvalue weighted by Gasteiger charge is 2.28. The average molecular weight is 363 g/mol. The molecule has 1 aromatic heterocycles. The minimum Gasteiger partial charge on any atom is -0.480 e. The summed E-state index contributed by atoms with van der Waals surface area (Å²) in [4.78, 5) is 50.2. The number of ketones is 1. The second-order valence-corrected chi connectivity index (χ2v) is 6.70. The highest BCUT2D eigenvalue weighted by Crippen LogP contribution is 2.20. The molecule has 1 N–H and O–H groups in total. The van der Waals surface area contributed by atoms with E-state index in [1.54, 1.807) is 28.8 Å². The van der Waals surface area contributed by atoms with Gasteiger partial charge in [-0.2, -0.15) is 0 Å². The van der Waals surface area contributed by atoms with Crippen LogP contribution in [0.5, 0.6) is 0 Å². The summed E-state index contributed by atoms with van der Waals surface area (Å²) in [5.41, 5.74) is 0.940. The van der Waals surface area contributed by atoms with Crippen LogP contribution >= 0.6 is 0 Å². The second kappa shape index (κ2) is 8.16. The fourth-order valence-corrected chi connectivity index (χ4v) is 3.37. The summed E-state index contributed by atoms with van der Waals surface area (Å²) >= 11 is 0. The Bertz CT molecular complexity index is 724. The van der Waals surface area contributed by atoms with Gasteiger partial charge in [-0.25, -0.2) is 0 Å². The first-order valence-corrected chi connectivity index (χ1v) is 8.66. The van der Waals surface area contributed by atoms with Gasteiger partial charge in [-0.3, -0.25) is 19.2 Å². The van der Waals surface area contributed by atoms with Crippen molar-refractivity contribution in [2.75, 3.05) is 19.6 Å². The van der Waals surface area contributed by atoms with Gasteiger partial charge in [-0.15, -0.1) is 0 Å². The molecule has 0 bridgehead atoms. The lowest BCUT2D eigenvalue weighted by Gasteiger charge is -2.28. The third kappa shape index (κ3) is 4.50. The average Bonchev–Trinajstić information content (AvgIpc) is 2.79. The summed E-state index contributed by atoms with van der Waals surface area (Å²) in [5.74, 6) is -1.57. The quantitative estimate of drug-likeness (QED) is 0.791. The molecule has 0 aliphatic carbocycles. The normalized spacial score (nSPS) is 17.5. The number of rotatable bonds is 5. The number of hydrogen-bond donors (Lipinski definition) is 1. The molecule has 26 heavy (non-hydrogen) atoms. The Morgan fingerprint density at radius 3 is 2.42 bits per heavy atom. The molecule has 1 saturated heterocycles. The number of carbonyl (C=O) groups is 4. The van der Waals surface area contributed by atoms with E-state index in [1.165, 1.54) is 18.7 Å². The van der Waals surface area contributed by atoms with Crippen LogP contribution in [0.2, 0.25) is 0 Å². The molecule has 1 aromatic rings. The van der Waals surface area contributed by atoms with Crippen molar-refractivity contribution in [3.8, 4) is 0 Å². The minimum atomic E-state index is -1.04. The summed E-state index contributed by atoms with van der Waals surface area (Å²) in [5, 5.41) is 9.01. The zero-order valence-corrected chi connectivity index (χ0v) is 15.4. The Hall–Kier alpha value is -2.64. The van der Waals surface area contributed by atoms with E-state index in [2.05, 4.69) is 0 Å². The number of aliphatic carboxylic acids is 1. The van der Waals surface area contributed by atoms with Gasteiger partial charge in [0.1, 0.15) is 12.2 Å². The number of likely N-dealkylation sites (tertiary alicyclic amines) is 1. The summed E-state index contributed by atoms with van der Waals surface area (Å²) in [6.07, 6.45) is 3.51. The maximum atomic E-state index is 12.8. The molecule has 1 aliphatic heterocycles. The Morgan fingerprint density at radius 1 is 1.19 bits per heavy atom. The number of carboxylic acid groups (broad SMARTS) is 1. The van der Waals surface area contributed by atoms with Crippen molar-refractivity contribution in [3.63, 3.8) is 0 Å². The van der Waals surface area contributed by atoms with Crippen LogP contribution in [0.3, 0.4) is 0 Å². The molecule has 1 atom stereocenters. The minimum absolute atomic E-state index is 0.0960. The van der Waals surface area contributed by atoms with Crippen molar-refractivity contribution in [1.29, 1.82) is 0 Å². The van der Waals surface area contributed by atoms with Crippen LogP contribution in [0.4, 0.5) is 0 Å². The van der Waals surface area contributed by atoms with E-state index in [9.17, 15) is 19.2 Å². The first kappa shape index (κ1) is 19.7. The fourth-order valence-electron chi connectivity index (χ4n) is 3.37. The fraction of sp³-hybridized carbons (Fsp3) is 0.556. The van der Waals surface area contributed by atoms with Gasteiger partial charge >= 0.3 is 5.97 Å². The first-order chi connectivity index (χ1) is 12.2. The number of carboxylic acids is 1. The van der Waals surface area contributed by atoms with E-state index in [0.29, 0.717) is 43.6 Å². The number of nitrogens with zero attached hydrogens (tertiary/aromatic N) is 3. The van der Waals surface area contributed by atoms with Gasteiger partial charge in [-0.05, 0) is 32.3 Å². The van der Waals surface area contributed by atoms with E-state index >= 15 is 0 Å². The zero-order chi connectivity index (χ0) is 19.4. The van der Waals surface area contributed by atoms with E-state index < -0.39 is 5.97 Å². The molecule has 0 radical (unpaired) electrons. The van der Waals surface area contributed by atoms with Crippen molar-refractivity contribution >= 4 is 23.6 Å². The van der Waals surface area contributed by atoms with Gasteiger partial charge in [0, 0.05) is 44.9 Å². The molecule has 2 rings (SSSR count). The second-order valence-electron chi connectivity index (χ2n) is 6.70. The van der Waals surface area contributed by atoms with Gasteiger partial charge in [0.15, 0.2) is 5.78 Å². The third-order valence-corrected chi connectivity index (χ3v) is 4.77. The molecule has 1 fully saturated rings. The largest absolute Gasteiger partial charge is 0.480 e. The molecule has 0 aromatic carbocycles. The van der Waals surface area contributed by atoms with Crippen molar-refractivity contribution in [1.82, 2.24) is 14.4 Å². The van der Waals surface area contributed by atoms with Gasteiger partial charge in [0.05, 0.1) is 0 Å². The summed E-state index contributed by atoms with van der Waals surface area (Å²) in [6.45, 7) is 3.47. The van der Waals surface area contributed by atoms with E-state index in [1.807, 2.05) is 0 Å². The number of carbonyl (C=O) groups excluding carboxylic acids is 3. The molecule has 2 amide bonds. The molecule has 142 valence electrons. The topological polar surface area (TPSA) is 99.9 Å². The van der Waals surface area contributed by atoms with Crippen LogP contribution in [-0.2, 0) is 16.6 Å². The van der Waals surface area contributed by atoms with Crippen LogP contribution in [0.1, 0.15) is 54.0 Å².